The molecule has 1 aromatic rings. The Labute approximate surface area is 153 Å². The summed E-state index contributed by atoms with van der Waals surface area (Å²) in [5.74, 6) is 1.84. The van der Waals surface area contributed by atoms with Gasteiger partial charge in [-0.15, -0.1) is 6.58 Å². The van der Waals surface area contributed by atoms with E-state index in [4.69, 9.17) is 9.73 Å². The third-order valence-electron chi connectivity index (χ3n) is 3.77. The van der Waals surface area contributed by atoms with Crippen LogP contribution in [0.15, 0.2) is 41.9 Å². The number of hydrogen-bond donors (Lipinski definition) is 1. The zero-order chi connectivity index (χ0) is 18.5. The van der Waals surface area contributed by atoms with Crippen LogP contribution in [-0.4, -0.2) is 63.1 Å². The Morgan fingerprint density at radius 1 is 1.24 bits per heavy atom. The number of likely N-dealkylation sites (N-methyl/N-ethyl adjacent to an activating group) is 1. The van der Waals surface area contributed by atoms with Gasteiger partial charge < -0.3 is 19.9 Å². The van der Waals surface area contributed by atoms with Gasteiger partial charge in [-0.3, -0.25) is 0 Å². The molecule has 5 nitrogen and oxygen atoms in total. The maximum atomic E-state index is 5.92. The molecule has 0 heterocycles. The zero-order valence-electron chi connectivity index (χ0n) is 16.3. The van der Waals surface area contributed by atoms with Gasteiger partial charge in [0.05, 0.1) is 6.54 Å². The quantitative estimate of drug-likeness (QED) is 0.289. The molecule has 1 rings (SSSR count). The van der Waals surface area contributed by atoms with Gasteiger partial charge in [0.2, 0.25) is 0 Å². The molecule has 0 atom stereocenters. The molecule has 0 bridgehead atoms. The van der Waals surface area contributed by atoms with Gasteiger partial charge in [0.15, 0.2) is 5.96 Å². The molecule has 140 valence electrons. The topological polar surface area (TPSA) is 40.1 Å². The Balaban J connectivity index is 2.72. The van der Waals surface area contributed by atoms with Gasteiger partial charge in [-0.05, 0) is 39.9 Å². The molecule has 0 aromatic heterocycles. The number of guanidine groups is 1. The molecule has 0 aliphatic rings. The van der Waals surface area contributed by atoms with E-state index in [1.165, 1.54) is 0 Å². The van der Waals surface area contributed by atoms with Crippen LogP contribution in [0.2, 0.25) is 0 Å². The van der Waals surface area contributed by atoms with Crippen molar-refractivity contribution in [1.29, 1.82) is 0 Å². The lowest BCUT2D eigenvalue weighted by Gasteiger charge is -2.22. The molecule has 0 fully saturated rings. The van der Waals surface area contributed by atoms with Crippen LogP contribution in [0.1, 0.15) is 25.3 Å². The number of rotatable bonds is 11. The number of aliphatic imine (C=N–C) groups is 1. The summed E-state index contributed by atoms with van der Waals surface area (Å²) in [6, 6.07) is 8.13. The number of nitrogens with one attached hydrogen (secondary N) is 1. The molecule has 0 radical (unpaired) electrons. The second kappa shape index (κ2) is 12.4. The van der Waals surface area contributed by atoms with E-state index >= 15 is 0 Å². The Morgan fingerprint density at radius 3 is 2.68 bits per heavy atom. The fourth-order valence-electron chi connectivity index (χ4n) is 2.32. The maximum absolute atomic E-state index is 5.92. The van der Waals surface area contributed by atoms with Crippen molar-refractivity contribution < 1.29 is 4.74 Å². The first kappa shape index (κ1) is 21.0. The minimum atomic E-state index is 0.603. The van der Waals surface area contributed by atoms with Crippen LogP contribution in [0.3, 0.4) is 0 Å². The number of unbranched alkanes of at least 4 members (excludes halogenated alkanes) is 1. The van der Waals surface area contributed by atoms with Crippen LogP contribution in [0, 0.1) is 0 Å². The van der Waals surface area contributed by atoms with Gasteiger partial charge in [-0.2, -0.15) is 0 Å². The monoisotopic (exact) mass is 346 g/mol. The largest absolute Gasteiger partial charge is 0.492 e. The highest BCUT2D eigenvalue weighted by atomic mass is 16.5. The van der Waals surface area contributed by atoms with Crippen LogP contribution in [-0.2, 0) is 6.54 Å². The fraction of sp³-hybridized carbons (Fsp3) is 0.550. The molecule has 0 aliphatic carbocycles. The van der Waals surface area contributed by atoms with E-state index in [9.17, 15) is 0 Å². The average Bonchev–Trinajstić information content (AvgIpc) is 2.59. The molecule has 25 heavy (non-hydrogen) atoms. The van der Waals surface area contributed by atoms with Crippen LogP contribution < -0.4 is 10.1 Å². The van der Waals surface area contributed by atoms with E-state index in [2.05, 4.69) is 41.7 Å². The van der Waals surface area contributed by atoms with Crippen molar-refractivity contribution >= 4 is 5.96 Å². The van der Waals surface area contributed by atoms with Crippen molar-refractivity contribution in [1.82, 2.24) is 15.1 Å². The number of allylic oxidation sites excluding steroid dienone is 1. The van der Waals surface area contributed by atoms with Crippen LogP contribution in [0.25, 0.3) is 0 Å². The summed E-state index contributed by atoms with van der Waals surface area (Å²) in [6.07, 6.45) is 4.06. The normalized spacial score (nSPS) is 11.5. The predicted molar refractivity (Wildman–Crippen MR) is 107 cm³/mol. The number of ether oxygens (including phenoxy) is 1. The lowest BCUT2D eigenvalue weighted by molar-refractivity contribution is 0.259. The smallest absolute Gasteiger partial charge is 0.193 e. The van der Waals surface area contributed by atoms with E-state index in [-0.39, 0.29) is 0 Å². The zero-order valence-corrected chi connectivity index (χ0v) is 16.3. The van der Waals surface area contributed by atoms with Crippen molar-refractivity contribution in [3.8, 4) is 5.75 Å². The maximum Gasteiger partial charge on any atom is 0.193 e. The molecule has 0 amide bonds. The Hall–Kier alpha value is -2.01. The van der Waals surface area contributed by atoms with Gasteiger partial charge in [0.25, 0.3) is 0 Å². The van der Waals surface area contributed by atoms with Crippen molar-refractivity contribution in [2.45, 2.75) is 26.3 Å². The molecular weight excluding hydrogens is 312 g/mol. The third kappa shape index (κ3) is 8.59. The highest BCUT2D eigenvalue weighted by molar-refractivity contribution is 5.79. The highest BCUT2D eigenvalue weighted by Crippen LogP contribution is 2.19. The second-order valence-electron chi connectivity index (χ2n) is 6.28. The minimum Gasteiger partial charge on any atom is -0.492 e. The first-order valence-electron chi connectivity index (χ1n) is 9.04. The van der Waals surface area contributed by atoms with Gasteiger partial charge in [0.1, 0.15) is 12.4 Å². The number of benzene rings is 1. The molecule has 0 spiro atoms. The summed E-state index contributed by atoms with van der Waals surface area (Å²) in [5, 5.41) is 3.36. The van der Waals surface area contributed by atoms with Crippen LogP contribution in [0.4, 0.5) is 0 Å². The lowest BCUT2D eigenvalue weighted by atomic mass is 10.2. The highest BCUT2D eigenvalue weighted by Gasteiger charge is 2.07. The predicted octanol–water partition coefficient (Wildman–Crippen LogP) is 2.99. The third-order valence-corrected chi connectivity index (χ3v) is 3.77. The molecular formula is C20H34N4O. The summed E-state index contributed by atoms with van der Waals surface area (Å²) in [7, 11) is 6.17. The summed E-state index contributed by atoms with van der Waals surface area (Å²) in [5.41, 5.74) is 1.11. The van der Waals surface area contributed by atoms with Crippen LogP contribution >= 0.6 is 0 Å². The summed E-state index contributed by atoms with van der Waals surface area (Å²) in [6.45, 7) is 9.85. The van der Waals surface area contributed by atoms with E-state index in [0.717, 1.165) is 49.7 Å². The van der Waals surface area contributed by atoms with Gasteiger partial charge >= 0.3 is 0 Å². The van der Waals surface area contributed by atoms with Crippen molar-refractivity contribution in [2.24, 2.45) is 4.99 Å². The van der Waals surface area contributed by atoms with Crippen molar-refractivity contribution in [2.75, 3.05) is 47.4 Å². The molecule has 1 aromatic carbocycles. The van der Waals surface area contributed by atoms with E-state index in [1.54, 1.807) is 0 Å². The summed E-state index contributed by atoms with van der Waals surface area (Å²) in [4.78, 5) is 9.06. The Kier molecular flexibility index (Phi) is 10.4. The molecule has 0 aliphatic heterocycles. The SMILES string of the molecule is C=CCCCN(C)C(=NCc1ccccc1OCCN(C)C)NCC. The first-order chi connectivity index (χ1) is 12.1. The molecule has 0 unspecified atom stereocenters. The number of nitrogens with zero attached hydrogens (tertiary/aromatic N) is 3. The van der Waals surface area contributed by atoms with Crippen molar-refractivity contribution in [3.05, 3.63) is 42.5 Å². The molecule has 5 heteroatoms. The Bertz CT molecular complexity index is 528. The second-order valence-corrected chi connectivity index (χ2v) is 6.28. The molecule has 0 saturated carbocycles. The Morgan fingerprint density at radius 2 is 2.00 bits per heavy atom. The average molecular weight is 347 g/mol. The lowest BCUT2D eigenvalue weighted by Crippen LogP contribution is -2.39. The summed E-state index contributed by atoms with van der Waals surface area (Å²) < 4.78 is 5.92. The van der Waals surface area contributed by atoms with E-state index in [0.29, 0.717) is 13.2 Å². The number of para-hydroxylation sites is 1. The summed E-state index contributed by atoms with van der Waals surface area (Å²) >= 11 is 0. The minimum absolute atomic E-state index is 0.603. The van der Waals surface area contributed by atoms with Crippen LogP contribution in [0.5, 0.6) is 5.75 Å². The standard InChI is InChI=1S/C20H34N4O/c1-6-8-11-14-24(5)20(21-7-2)22-17-18-12-9-10-13-19(18)25-16-15-23(3)4/h6,9-10,12-13H,1,7-8,11,14-17H2,2-5H3,(H,21,22). The van der Waals surface area contributed by atoms with E-state index in [1.807, 2.05) is 38.4 Å². The van der Waals surface area contributed by atoms with E-state index < -0.39 is 0 Å². The van der Waals surface area contributed by atoms with Gasteiger partial charge in [-0.1, -0.05) is 24.3 Å². The van der Waals surface area contributed by atoms with Gasteiger partial charge in [0, 0.05) is 32.2 Å². The first-order valence-corrected chi connectivity index (χ1v) is 9.04. The molecule has 0 saturated heterocycles. The van der Waals surface area contributed by atoms with Gasteiger partial charge in [-0.25, -0.2) is 4.99 Å². The fourth-order valence-corrected chi connectivity index (χ4v) is 2.32. The molecule has 1 N–H and O–H groups in total. The number of hydrogen-bond acceptors (Lipinski definition) is 3. The van der Waals surface area contributed by atoms with Crippen molar-refractivity contribution in [3.63, 3.8) is 0 Å².